The van der Waals surface area contributed by atoms with Gasteiger partial charge in [0.15, 0.2) is 5.78 Å². The zero-order valence-electron chi connectivity index (χ0n) is 9.92. The molecule has 0 aromatic heterocycles. The van der Waals surface area contributed by atoms with Gasteiger partial charge in [-0.05, 0) is 12.1 Å². The molecule has 3 heteroatoms. The van der Waals surface area contributed by atoms with E-state index >= 15 is 0 Å². The highest BCUT2D eigenvalue weighted by Crippen LogP contribution is 2.16. The Labute approximate surface area is 105 Å². The Balaban J connectivity index is 2.31. The fourth-order valence-electron chi connectivity index (χ4n) is 1.64. The van der Waals surface area contributed by atoms with E-state index in [9.17, 15) is 9.59 Å². The topological polar surface area (TPSA) is 43.4 Å². The summed E-state index contributed by atoms with van der Waals surface area (Å²) in [5, 5.41) is 0. The molecule has 0 saturated carbocycles. The summed E-state index contributed by atoms with van der Waals surface area (Å²) in [5.41, 5.74) is 1.67. The van der Waals surface area contributed by atoms with Gasteiger partial charge in [0, 0.05) is 16.7 Å². The minimum atomic E-state index is -0.0913. The van der Waals surface area contributed by atoms with Crippen molar-refractivity contribution in [3.05, 3.63) is 65.2 Å². The van der Waals surface area contributed by atoms with E-state index in [1.165, 1.54) is 0 Å². The largest absolute Gasteiger partial charge is 0.497 e. The molecule has 0 spiro atoms. The van der Waals surface area contributed by atoms with E-state index in [0.29, 0.717) is 22.4 Å². The van der Waals surface area contributed by atoms with Crippen molar-refractivity contribution in [2.24, 2.45) is 0 Å². The fourth-order valence-corrected chi connectivity index (χ4v) is 1.64. The highest BCUT2D eigenvalue weighted by molar-refractivity contribution is 6.09. The zero-order chi connectivity index (χ0) is 13.0. The van der Waals surface area contributed by atoms with E-state index in [-0.39, 0.29) is 5.78 Å². The van der Waals surface area contributed by atoms with Crippen molar-refractivity contribution in [1.29, 1.82) is 0 Å². The number of hydrogen-bond acceptors (Lipinski definition) is 3. The average Bonchev–Trinajstić information content (AvgIpc) is 2.46. The Morgan fingerprint density at radius 1 is 1.06 bits per heavy atom. The molecule has 0 atom stereocenters. The normalized spacial score (nSPS) is 9.83. The van der Waals surface area contributed by atoms with Crippen LogP contribution in [0.2, 0.25) is 0 Å². The van der Waals surface area contributed by atoms with Gasteiger partial charge >= 0.3 is 0 Å². The smallest absolute Gasteiger partial charge is 0.193 e. The first-order valence-corrected chi connectivity index (χ1v) is 5.48. The van der Waals surface area contributed by atoms with Crippen LogP contribution in [0.4, 0.5) is 0 Å². The lowest BCUT2D eigenvalue weighted by Gasteiger charge is -2.04. The molecule has 0 fully saturated rings. The van der Waals surface area contributed by atoms with Crippen LogP contribution in [0, 0.1) is 0 Å². The van der Waals surface area contributed by atoms with Crippen LogP contribution in [0.3, 0.4) is 0 Å². The third-order valence-electron chi connectivity index (χ3n) is 2.64. The van der Waals surface area contributed by atoms with Gasteiger partial charge in [-0.15, -0.1) is 0 Å². The molecule has 0 bridgehead atoms. The molecule has 0 aliphatic heterocycles. The van der Waals surface area contributed by atoms with Gasteiger partial charge in [-0.1, -0.05) is 36.4 Å². The number of aldehydes is 1. The van der Waals surface area contributed by atoms with Gasteiger partial charge in [-0.25, -0.2) is 0 Å². The van der Waals surface area contributed by atoms with Crippen LogP contribution in [0.25, 0.3) is 0 Å². The van der Waals surface area contributed by atoms with Gasteiger partial charge in [0.1, 0.15) is 12.0 Å². The summed E-state index contributed by atoms with van der Waals surface area (Å²) in [6, 6.07) is 13.5. The summed E-state index contributed by atoms with van der Waals surface area (Å²) < 4.78 is 5.08. The molecule has 2 aromatic carbocycles. The standard InChI is InChI=1S/C15H12O3/c1-18-14-4-2-3-13(9-14)15(17)12-7-5-11(10-16)6-8-12/h2-10H,1H3. The Morgan fingerprint density at radius 3 is 2.39 bits per heavy atom. The quantitative estimate of drug-likeness (QED) is 0.609. The maximum atomic E-state index is 12.2. The second-order valence-corrected chi connectivity index (χ2v) is 3.80. The molecule has 2 rings (SSSR count). The Kier molecular flexibility index (Phi) is 3.53. The fraction of sp³-hybridized carbons (Fsp3) is 0.0667. The molecule has 90 valence electrons. The first kappa shape index (κ1) is 12.0. The molecular weight excluding hydrogens is 228 g/mol. The van der Waals surface area contributed by atoms with Crippen molar-refractivity contribution in [2.45, 2.75) is 0 Å². The third-order valence-corrected chi connectivity index (χ3v) is 2.64. The highest BCUT2D eigenvalue weighted by Gasteiger charge is 2.09. The van der Waals surface area contributed by atoms with Crippen LogP contribution in [0.15, 0.2) is 48.5 Å². The number of ketones is 1. The first-order valence-electron chi connectivity index (χ1n) is 5.48. The summed E-state index contributed by atoms with van der Waals surface area (Å²) in [5.74, 6) is 0.553. The predicted octanol–water partition coefficient (Wildman–Crippen LogP) is 2.74. The second-order valence-electron chi connectivity index (χ2n) is 3.80. The number of carbonyl (C=O) groups is 2. The maximum Gasteiger partial charge on any atom is 0.193 e. The van der Waals surface area contributed by atoms with Gasteiger partial charge in [0.2, 0.25) is 0 Å². The monoisotopic (exact) mass is 240 g/mol. The second kappa shape index (κ2) is 5.27. The maximum absolute atomic E-state index is 12.2. The molecule has 3 nitrogen and oxygen atoms in total. The van der Waals surface area contributed by atoms with E-state index in [2.05, 4.69) is 0 Å². The number of hydrogen-bond donors (Lipinski definition) is 0. The number of methoxy groups -OCH3 is 1. The third kappa shape index (κ3) is 2.46. The molecule has 0 unspecified atom stereocenters. The van der Waals surface area contributed by atoms with E-state index in [0.717, 1.165) is 6.29 Å². The van der Waals surface area contributed by atoms with Gasteiger partial charge in [0.25, 0.3) is 0 Å². The molecule has 0 aliphatic carbocycles. The van der Waals surface area contributed by atoms with Crippen LogP contribution in [0.1, 0.15) is 26.3 Å². The van der Waals surface area contributed by atoms with Gasteiger partial charge in [-0.3, -0.25) is 9.59 Å². The lowest BCUT2D eigenvalue weighted by Crippen LogP contribution is -2.01. The van der Waals surface area contributed by atoms with Crippen molar-refractivity contribution in [3.8, 4) is 5.75 Å². The Bertz CT molecular complexity index is 571. The summed E-state index contributed by atoms with van der Waals surface area (Å²) in [6.07, 6.45) is 0.750. The summed E-state index contributed by atoms with van der Waals surface area (Å²) in [4.78, 5) is 22.7. The summed E-state index contributed by atoms with van der Waals surface area (Å²) in [7, 11) is 1.56. The van der Waals surface area contributed by atoms with E-state index in [4.69, 9.17) is 4.74 Å². The lowest BCUT2D eigenvalue weighted by atomic mass is 10.0. The molecule has 0 heterocycles. The molecule has 0 radical (unpaired) electrons. The van der Waals surface area contributed by atoms with E-state index < -0.39 is 0 Å². The van der Waals surface area contributed by atoms with Gasteiger partial charge in [0.05, 0.1) is 7.11 Å². The molecule has 18 heavy (non-hydrogen) atoms. The Morgan fingerprint density at radius 2 is 1.78 bits per heavy atom. The van der Waals surface area contributed by atoms with Crippen LogP contribution in [-0.2, 0) is 0 Å². The van der Waals surface area contributed by atoms with Gasteiger partial charge < -0.3 is 4.74 Å². The van der Waals surface area contributed by atoms with Crippen LogP contribution < -0.4 is 4.74 Å². The van der Waals surface area contributed by atoms with Crippen LogP contribution in [-0.4, -0.2) is 19.2 Å². The number of carbonyl (C=O) groups excluding carboxylic acids is 2. The summed E-state index contributed by atoms with van der Waals surface area (Å²) >= 11 is 0. The average molecular weight is 240 g/mol. The van der Waals surface area contributed by atoms with Crippen molar-refractivity contribution >= 4 is 12.1 Å². The van der Waals surface area contributed by atoms with Crippen LogP contribution in [0.5, 0.6) is 5.75 Å². The SMILES string of the molecule is COc1cccc(C(=O)c2ccc(C=O)cc2)c1. The Hall–Kier alpha value is -2.42. The molecule has 0 saturated heterocycles. The lowest BCUT2D eigenvalue weighted by molar-refractivity contribution is 0.103. The van der Waals surface area contributed by atoms with Crippen LogP contribution >= 0.6 is 0 Å². The minimum Gasteiger partial charge on any atom is -0.497 e. The number of rotatable bonds is 4. The minimum absolute atomic E-state index is 0.0913. The van der Waals surface area contributed by atoms with Crippen molar-refractivity contribution in [2.75, 3.05) is 7.11 Å². The van der Waals surface area contributed by atoms with Crippen molar-refractivity contribution in [3.63, 3.8) is 0 Å². The van der Waals surface area contributed by atoms with E-state index in [1.807, 2.05) is 0 Å². The first-order chi connectivity index (χ1) is 8.74. The summed E-state index contributed by atoms with van der Waals surface area (Å²) in [6.45, 7) is 0. The van der Waals surface area contributed by atoms with Gasteiger partial charge in [-0.2, -0.15) is 0 Å². The number of ether oxygens (including phenoxy) is 1. The molecule has 0 amide bonds. The van der Waals surface area contributed by atoms with E-state index in [1.54, 1.807) is 55.6 Å². The molecular formula is C15H12O3. The highest BCUT2D eigenvalue weighted by atomic mass is 16.5. The number of benzene rings is 2. The molecule has 0 aliphatic rings. The predicted molar refractivity (Wildman–Crippen MR) is 68.3 cm³/mol. The van der Waals surface area contributed by atoms with Crippen molar-refractivity contribution in [1.82, 2.24) is 0 Å². The molecule has 0 N–H and O–H groups in total. The molecule has 2 aromatic rings. The zero-order valence-corrected chi connectivity index (χ0v) is 9.92. The van der Waals surface area contributed by atoms with Crippen molar-refractivity contribution < 1.29 is 14.3 Å².